The van der Waals surface area contributed by atoms with Crippen LogP contribution in [-0.2, 0) is 6.54 Å². The third-order valence-electron chi connectivity index (χ3n) is 3.93. The average Bonchev–Trinajstić information content (AvgIpc) is 2.52. The summed E-state index contributed by atoms with van der Waals surface area (Å²) in [7, 11) is 0. The SMILES string of the molecule is Fc1ccc(CN2CCCC[C@@H]2c2ccncn2)cc1F. The maximum atomic E-state index is 13.3. The molecule has 0 saturated carbocycles. The fraction of sp³-hybridized carbons (Fsp3) is 0.375. The molecule has 3 rings (SSSR count). The van der Waals surface area contributed by atoms with Gasteiger partial charge in [0.1, 0.15) is 6.33 Å². The van der Waals surface area contributed by atoms with E-state index in [1.807, 2.05) is 6.07 Å². The molecule has 110 valence electrons. The molecule has 5 heteroatoms. The number of hydrogen-bond acceptors (Lipinski definition) is 3. The molecule has 0 N–H and O–H groups in total. The van der Waals surface area contributed by atoms with Crippen molar-refractivity contribution in [2.75, 3.05) is 6.54 Å². The zero-order chi connectivity index (χ0) is 14.7. The number of benzene rings is 1. The van der Waals surface area contributed by atoms with E-state index < -0.39 is 11.6 Å². The first-order valence-corrected chi connectivity index (χ1v) is 7.18. The first-order valence-electron chi connectivity index (χ1n) is 7.18. The highest BCUT2D eigenvalue weighted by atomic mass is 19.2. The van der Waals surface area contributed by atoms with Crippen molar-refractivity contribution < 1.29 is 8.78 Å². The van der Waals surface area contributed by atoms with Crippen LogP contribution in [0.15, 0.2) is 36.8 Å². The van der Waals surface area contributed by atoms with Crippen molar-refractivity contribution in [3.63, 3.8) is 0 Å². The van der Waals surface area contributed by atoms with Gasteiger partial charge < -0.3 is 0 Å². The molecule has 1 saturated heterocycles. The fourth-order valence-electron chi connectivity index (χ4n) is 2.89. The number of halogens is 2. The Hall–Kier alpha value is -1.88. The van der Waals surface area contributed by atoms with E-state index in [0.29, 0.717) is 6.54 Å². The molecular weight excluding hydrogens is 272 g/mol. The minimum atomic E-state index is -0.801. The van der Waals surface area contributed by atoms with Gasteiger partial charge in [-0.05, 0) is 43.1 Å². The molecule has 0 unspecified atom stereocenters. The molecule has 1 aliphatic heterocycles. The minimum absolute atomic E-state index is 0.217. The summed E-state index contributed by atoms with van der Waals surface area (Å²) in [5.41, 5.74) is 1.78. The van der Waals surface area contributed by atoms with Gasteiger partial charge >= 0.3 is 0 Å². The third kappa shape index (κ3) is 3.24. The quantitative estimate of drug-likeness (QED) is 0.866. The lowest BCUT2D eigenvalue weighted by molar-refractivity contribution is 0.137. The molecule has 1 aliphatic rings. The summed E-state index contributed by atoms with van der Waals surface area (Å²) in [5.74, 6) is -1.59. The van der Waals surface area contributed by atoms with Gasteiger partial charge in [-0.2, -0.15) is 0 Å². The second-order valence-corrected chi connectivity index (χ2v) is 5.36. The number of hydrogen-bond donors (Lipinski definition) is 0. The number of rotatable bonds is 3. The van der Waals surface area contributed by atoms with E-state index in [2.05, 4.69) is 14.9 Å². The summed E-state index contributed by atoms with van der Waals surface area (Å²) in [6.45, 7) is 1.54. The molecule has 2 heterocycles. The van der Waals surface area contributed by atoms with E-state index in [9.17, 15) is 8.78 Å². The van der Waals surface area contributed by atoms with Gasteiger partial charge in [0.05, 0.1) is 11.7 Å². The number of piperidine rings is 1. The van der Waals surface area contributed by atoms with E-state index >= 15 is 0 Å². The average molecular weight is 289 g/mol. The molecule has 2 aromatic rings. The van der Waals surface area contributed by atoms with E-state index in [-0.39, 0.29) is 6.04 Å². The van der Waals surface area contributed by atoms with Crippen molar-refractivity contribution in [1.82, 2.24) is 14.9 Å². The second-order valence-electron chi connectivity index (χ2n) is 5.36. The number of likely N-dealkylation sites (tertiary alicyclic amines) is 1. The van der Waals surface area contributed by atoms with Crippen molar-refractivity contribution in [3.05, 3.63) is 59.7 Å². The smallest absolute Gasteiger partial charge is 0.159 e. The second kappa shape index (κ2) is 6.26. The molecular formula is C16H17F2N3. The van der Waals surface area contributed by atoms with Gasteiger partial charge in [-0.3, -0.25) is 4.90 Å². The lowest BCUT2D eigenvalue weighted by Gasteiger charge is -2.35. The van der Waals surface area contributed by atoms with Gasteiger partial charge in [0.2, 0.25) is 0 Å². The Morgan fingerprint density at radius 1 is 1.14 bits per heavy atom. The number of nitrogens with zero attached hydrogens (tertiary/aromatic N) is 3. The van der Waals surface area contributed by atoms with Crippen LogP contribution in [0.3, 0.4) is 0 Å². The zero-order valence-corrected chi connectivity index (χ0v) is 11.7. The molecule has 0 aliphatic carbocycles. The van der Waals surface area contributed by atoms with E-state index in [1.165, 1.54) is 12.1 Å². The Morgan fingerprint density at radius 3 is 2.81 bits per heavy atom. The molecule has 1 fully saturated rings. The molecule has 0 spiro atoms. The Kier molecular flexibility index (Phi) is 4.20. The normalized spacial score (nSPS) is 19.6. The first kappa shape index (κ1) is 14.1. The maximum absolute atomic E-state index is 13.3. The summed E-state index contributed by atoms with van der Waals surface area (Å²) < 4.78 is 26.4. The molecule has 1 aromatic heterocycles. The van der Waals surface area contributed by atoms with Crippen molar-refractivity contribution in [3.8, 4) is 0 Å². The summed E-state index contributed by atoms with van der Waals surface area (Å²) in [6, 6.07) is 6.25. The standard InChI is InChI=1S/C16H17F2N3/c17-13-5-4-12(9-14(13)18)10-21-8-2-1-3-16(21)15-6-7-19-11-20-15/h4-7,9,11,16H,1-3,8,10H2/t16-/m1/s1. The summed E-state index contributed by atoms with van der Waals surface area (Å²) in [5, 5.41) is 0. The zero-order valence-electron chi connectivity index (χ0n) is 11.7. The van der Waals surface area contributed by atoms with Crippen LogP contribution >= 0.6 is 0 Å². The summed E-state index contributed by atoms with van der Waals surface area (Å²) >= 11 is 0. The van der Waals surface area contributed by atoms with Crippen LogP contribution in [0.4, 0.5) is 8.78 Å². The van der Waals surface area contributed by atoms with Gasteiger partial charge in [-0.25, -0.2) is 18.7 Å². The van der Waals surface area contributed by atoms with Gasteiger partial charge in [0, 0.05) is 12.7 Å². The van der Waals surface area contributed by atoms with Gasteiger partial charge in [-0.15, -0.1) is 0 Å². The molecule has 1 aromatic carbocycles. The summed E-state index contributed by atoms with van der Waals surface area (Å²) in [6.07, 6.45) is 6.60. The molecule has 0 amide bonds. The van der Waals surface area contributed by atoms with Gasteiger partial charge in [0.15, 0.2) is 11.6 Å². The largest absolute Gasteiger partial charge is 0.291 e. The monoisotopic (exact) mass is 289 g/mol. The van der Waals surface area contributed by atoms with Crippen molar-refractivity contribution in [1.29, 1.82) is 0 Å². The van der Waals surface area contributed by atoms with E-state index in [1.54, 1.807) is 18.6 Å². The highest BCUT2D eigenvalue weighted by molar-refractivity contribution is 5.18. The Balaban J connectivity index is 1.79. The lowest BCUT2D eigenvalue weighted by Crippen LogP contribution is -2.33. The molecule has 21 heavy (non-hydrogen) atoms. The predicted octanol–water partition coefficient (Wildman–Crippen LogP) is 3.48. The predicted molar refractivity (Wildman–Crippen MR) is 75.4 cm³/mol. The van der Waals surface area contributed by atoms with Crippen LogP contribution in [0.1, 0.15) is 36.6 Å². The van der Waals surface area contributed by atoms with Crippen LogP contribution < -0.4 is 0 Å². The summed E-state index contributed by atoms with van der Waals surface area (Å²) in [4.78, 5) is 10.6. The maximum Gasteiger partial charge on any atom is 0.159 e. The van der Waals surface area contributed by atoms with Crippen LogP contribution in [0.2, 0.25) is 0 Å². The molecule has 0 radical (unpaired) electrons. The number of aromatic nitrogens is 2. The van der Waals surface area contributed by atoms with Crippen LogP contribution in [0, 0.1) is 11.6 Å². The molecule has 1 atom stereocenters. The van der Waals surface area contributed by atoms with Crippen LogP contribution in [0.25, 0.3) is 0 Å². The van der Waals surface area contributed by atoms with Crippen LogP contribution in [0.5, 0.6) is 0 Å². The van der Waals surface area contributed by atoms with E-state index in [4.69, 9.17) is 0 Å². The van der Waals surface area contributed by atoms with Crippen molar-refractivity contribution in [2.45, 2.75) is 31.8 Å². The Bertz CT molecular complexity index is 604. The minimum Gasteiger partial charge on any atom is -0.291 e. The highest BCUT2D eigenvalue weighted by Crippen LogP contribution is 2.30. The van der Waals surface area contributed by atoms with Crippen molar-refractivity contribution in [2.24, 2.45) is 0 Å². The molecule has 3 nitrogen and oxygen atoms in total. The Labute approximate surface area is 122 Å². The Morgan fingerprint density at radius 2 is 2.05 bits per heavy atom. The molecule has 0 bridgehead atoms. The topological polar surface area (TPSA) is 29.0 Å². The van der Waals surface area contributed by atoms with Gasteiger partial charge in [0.25, 0.3) is 0 Å². The highest BCUT2D eigenvalue weighted by Gasteiger charge is 2.25. The van der Waals surface area contributed by atoms with Gasteiger partial charge in [-0.1, -0.05) is 12.5 Å². The fourth-order valence-corrected chi connectivity index (χ4v) is 2.89. The lowest BCUT2D eigenvalue weighted by atomic mass is 9.98. The van der Waals surface area contributed by atoms with Crippen molar-refractivity contribution >= 4 is 0 Å². The first-order chi connectivity index (χ1) is 10.2. The van der Waals surface area contributed by atoms with E-state index in [0.717, 1.165) is 37.1 Å². The van der Waals surface area contributed by atoms with Crippen LogP contribution in [-0.4, -0.2) is 21.4 Å². The third-order valence-corrected chi connectivity index (χ3v) is 3.93.